The Morgan fingerprint density at radius 3 is 2.96 bits per heavy atom. The highest BCUT2D eigenvalue weighted by atomic mass is 35.5. The number of rotatable bonds is 6. The molecule has 2 aromatic heterocycles. The fourth-order valence-corrected chi connectivity index (χ4v) is 3.97. The van der Waals surface area contributed by atoms with Crippen LogP contribution in [-0.2, 0) is 25.9 Å². The van der Waals surface area contributed by atoms with E-state index in [2.05, 4.69) is 31.8 Å². The Balaban J connectivity index is 1.43. The summed E-state index contributed by atoms with van der Waals surface area (Å²) >= 11 is 6.34. The summed E-state index contributed by atoms with van der Waals surface area (Å²) in [7, 11) is 0. The van der Waals surface area contributed by atoms with E-state index in [1.54, 1.807) is 0 Å². The molecule has 7 heteroatoms. The molecule has 0 radical (unpaired) electrons. The zero-order valence-corrected chi connectivity index (χ0v) is 16.7. The maximum Gasteiger partial charge on any atom is 0.173 e. The van der Waals surface area contributed by atoms with Crippen LogP contribution in [0.15, 0.2) is 11.2 Å². The van der Waals surface area contributed by atoms with Gasteiger partial charge in [-0.15, -0.1) is 0 Å². The number of hydrogen-bond donors (Lipinski definition) is 1. The number of aromatic amines is 1. The van der Waals surface area contributed by atoms with Crippen molar-refractivity contribution in [2.24, 2.45) is 4.99 Å². The first-order valence-corrected chi connectivity index (χ1v) is 10.4. The highest BCUT2D eigenvalue weighted by Crippen LogP contribution is 2.22. The zero-order valence-electron chi connectivity index (χ0n) is 16.0. The number of aromatic nitrogens is 4. The minimum absolute atomic E-state index is 0.605. The first-order valence-electron chi connectivity index (χ1n) is 10.1. The van der Waals surface area contributed by atoms with E-state index in [4.69, 9.17) is 16.6 Å². The lowest BCUT2D eigenvalue weighted by molar-refractivity contribution is 0.240. The molecule has 0 aliphatic carbocycles. The summed E-state index contributed by atoms with van der Waals surface area (Å²) in [5.41, 5.74) is 4.47. The van der Waals surface area contributed by atoms with Gasteiger partial charge < -0.3 is 4.98 Å². The Kier molecular flexibility index (Phi) is 5.83. The van der Waals surface area contributed by atoms with E-state index in [1.807, 2.05) is 6.20 Å². The van der Waals surface area contributed by atoms with Gasteiger partial charge in [-0.1, -0.05) is 24.9 Å². The predicted octanol–water partition coefficient (Wildman–Crippen LogP) is 3.73. The van der Waals surface area contributed by atoms with Crippen LogP contribution in [0.1, 0.15) is 67.6 Å². The summed E-state index contributed by atoms with van der Waals surface area (Å²) in [6.45, 7) is 5.70. The molecule has 0 saturated carbocycles. The number of H-pyrrole nitrogens is 1. The number of halogens is 1. The molecule has 2 aliphatic rings. The van der Waals surface area contributed by atoms with Crippen molar-refractivity contribution in [3.05, 3.63) is 40.0 Å². The smallest absolute Gasteiger partial charge is 0.173 e. The third kappa shape index (κ3) is 4.38. The molecule has 0 bridgehead atoms. The maximum atomic E-state index is 6.34. The first kappa shape index (κ1) is 18.6. The van der Waals surface area contributed by atoms with E-state index in [1.165, 1.54) is 24.1 Å². The van der Waals surface area contributed by atoms with Gasteiger partial charge in [-0.25, -0.2) is 15.0 Å². The van der Waals surface area contributed by atoms with Gasteiger partial charge in [0, 0.05) is 50.8 Å². The van der Waals surface area contributed by atoms with Gasteiger partial charge in [0.25, 0.3) is 0 Å². The molecular formula is C20H27ClN6. The van der Waals surface area contributed by atoms with E-state index in [0.29, 0.717) is 5.15 Å². The molecule has 4 rings (SSSR count). The number of nitrogens with one attached hydrogen (secondary N) is 1. The number of nitrogens with zero attached hydrogens (tertiary/aromatic N) is 5. The van der Waals surface area contributed by atoms with Gasteiger partial charge in [-0.2, -0.15) is 0 Å². The molecule has 0 spiro atoms. The lowest BCUT2D eigenvalue weighted by atomic mass is 10.1. The molecule has 0 atom stereocenters. The molecule has 144 valence electrons. The fourth-order valence-electron chi connectivity index (χ4n) is 3.76. The van der Waals surface area contributed by atoms with E-state index >= 15 is 0 Å². The van der Waals surface area contributed by atoms with Gasteiger partial charge in [0.2, 0.25) is 0 Å². The van der Waals surface area contributed by atoms with Gasteiger partial charge in [0.15, 0.2) is 11.0 Å². The molecule has 4 heterocycles. The van der Waals surface area contributed by atoms with Gasteiger partial charge in [-0.3, -0.25) is 9.89 Å². The Morgan fingerprint density at radius 1 is 1.22 bits per heavy atom. The number of aryl methyl sites for hydroxylation is 1. The van der Waals surface area contributed by atoms with Gasteiger partial charge >= 0.3 is 0 Å². The van der Waals surface area contributed by atoms with E-state index in [-0.39, 0.29) is 0 Å². The van der Waals surface area contributed by atoms with Crippen molar-refractivity contribution < 1.29 is 0 Å². The Morgan fingerprint density at radius 2 is 2.15 bits per heavy atom. The molecule has 0 amide bonds. The SMILES string of the molecule is CCCCc1nc(Cl)c(CN2CCc3nc(C4=NCCCC4)ncc3C2)[nH]1. The standard InChI is InChI=1S/C20H27ClN6/c1-2-3-7-18-24-17(19(21)26-18)13-27-10-8-15-14(12-27)11-23-20(25-15)16-6-4-5-9-22-16/h11H,2-10,12-13H2,1H3,(H,24,26). The molecule has 0 aromatic carbocycles. The second kappa shape index (κ2) is 8.48. The molecule has 0 saturated heterocycles. The minimum Gasteiger partial charge on any atom is -0.344 e. The topological polar surface area (TPSA) is 70.1 Å². The summed E-state index contributed by atoms with van der Waals surface area (Å²) in [4.78, 5) is 24.3. The molecule has 6 nitrogen and oxygen atoms in total. The van der Waals surface area contributed by atoms with Crippen molar-refractivity contribution in [2.75, 3.05) is 13.1 Å². The van der Waals surface area contributed by atoms with Crippen LogP contribution in [0.25, 0.3) is 0 Å². The minimum atomic E-state index is 0.605. The second-order valence-electron chi connectivity index (χ2n) is 7.47. The van der Waals surface area contributed by atoms with E-state index in [9.17, 15) is 0 Å². The Labute approximate surface area is 165 Å². The Hall–Kier alpha value is -1.79. The van der Waals surface area contributed by atoms with Crippen molar-refractivity contribution in [3.8, 4) is 0 Å². The van der Waals surface area contributed by atoms with Crippen LogP contribution in [0.3, 0.4) is 0 Å². The largest absolute Gasteiger partial charge is 0.344 e. The average molecular weight is 387 g/mol. The van der Waals surface area contributed by atoms with Crippen molar-refractivity contribution in [3.63, 3.8) is 0 Å². The lowest BCUT2D eigenvalue weighted by Gasteiger charge is -2.27. The number of hydrogen-bond acceptors (Lipinski definition) is 5. The van der Waals surface area contributed by atoms with Crippen LogP contribution in [-0.4, -0.2) is 43.6 Å². The third-order valence-electron chi connectivity index (χ3n) is 5.32. The lowest BCUT2D eigenvalue weighted by Crippen LogP contribution is -2.31. The third-order valence-corrected chi connectivity index (χ3v) is 5.63. The normalized spacial score (nSPS) is 17.6. The van der Waals surface area contributed by atoms with Crippen LogP contribution in [0, 0.1) is 0 Å². The first-order chi connectivity index (χ1) is 13.2. The maximum absolute atomic E-state index is 6.34. The zero-order chi connectivity index (χ0) is 18.6. The summed E-state index contributed by atoms with van der Waals surface area (Å²) in [6, 6.07) is 0. The number of aliphatic imine (C=N–C) groups is 1. The molecule has 1 N–H and O–H groups in total. The van der Waals surface area contributed by atoms with Crippen molar-refractivity contribution in [2.45, 2.75) is 65.0 Å². The molecule has 2 aliphatic heterocycles. The van der Waals surface area contributed by atoms with Gasteiger partial charge in [0.05, 0.1) is 17.1 Å². The quantitative estimate of drug-likeness (QED) is 0.821. The van der Waals surface area contributed by atoms with Gasteiger partial charge in [0.1, 0.15) is 5.82 Å². The summed E-state index contributed by atoms with van der Waals surface area (Å²) in [5.74, 6) is 1.83. The average Bonchev–Trinajstić information content (AvgIpc) is 3.06. The summed E-state index contributed by atoms with van der Waals surface area (Å²) in [5, 5.41) is 0.605. The van der Waals surface area contributed by atoms with Crippen molar-refractivity contribution in [1.29, 1.82) is 0 Å². The van der Waals surface area contributed by atoms with E-state index in [0.717, 1.165) is 81.3 Å². The molecule has 27 heavy (non-hydrogen) atoms. The monoisotopic (exact) mass is 386 g/mol. The second-order valence-corrected chi connectivity index (χ2v) is 7.83. The molecule has 2 aromatic rings. The fraction of sp³-hybridized carbons (Fsp3) is 0.600. The van der Waals surface area contributed by atoms with Crippen LogP contribution in [0.2, 0.25) is 5.15 Å². The Bertz CT molecular complexity index is 828. The molecule has 0 fully saturated rings. The number of unbranched alkanes of at least 4 members (excludes halogenated alkanes) is 1. The van der Waals surface area contributed by atoms with E-state index < -0.39 is 0 Å². The molecular weight excluding hydrogens is 360 g/mol. The molecule has 0 unspecified atom stereocenters. The van der Waals surface area contributed by atoms with Crippen LogP contribution < -0.4 is 0 Å². The highest BCUT2D eigenvalue weighted by molar-refractivity contribution is 6.30. The highest BCUT2D eigenvalue weighted by Gasteiger charge is 2.21. The van der Waals surface area contributed by atoms with Crippen LogP contribution in [0.5, 0.6) is 0 Å². The number of imidazole rings is 1. The van der Waals surface area contributed by atoms with Crippen molar-refractivity contribution >= 4 is 17.3 Å². The number of fused-ring (bicyclic) bond motifs is 1. The predicted molar refractivity (Wildman–Crippen MR) is 107 cm³/mol. The summed E-state index contributed by atoms with van der Waals surface area (Å²) < 4.78 is 0. The summed E-state index contributed by atoms with van der Waals surface area (Å²) in [6.07, 6.45) is 9.55. The van der Waals surface area contributed by atoms with Crippen molar-refractivity contribution in [1.82, 2.24) is 24.8 Å². The van der Waals surface area contributed by atoms with Crippen LogP contribution >= 0.6 is 11.6 Å². The van der Waals surface area contributed by atoms with Gasteiger partial charge in [-0.05, 0) is 25.7 Å². The van der Waals surface area contributed by atoms with Crippen LogP contribution in [0.4, 0.5) is 0 Å².